The molecule has 0 saturated carbocycles. The number of nitrogens with one attached hydrogen (secondary N) is 2. The molecule has 4 rings (SSSR count). The van der Waals surface area contributed by atoms with Gasteiger partial charge in [-0.1, -0.05) is 0 Å². The van der Waals surface area contributed by atoms with E-state index in [1.165, 1.54) is 12.1 Å². The lowest BCUT2D eigenvalue weighted by Crippen LogP contribution is -2.51. The van der Waals surface area contributed by atoms with Crippen LogP contribution in [-0.4, -0.2) is 67.2 Å². The van der Waals surface area contributed by atoms with E-state index in [2.05, 4.69) is 20.4 Å². The lowest BCUT2D eigenvalue weighted by molar-refractivity contribution is 0.00137. The Morgan fingerprint density at radius 1 is 1.19 bits per heavy atom. The van der Waals surface area contributed by atoms with Crippen molar-refractivity contribution in [2.45, 2.75) is 19.0 Å². The maximum absolute atomic E-state index is 13.2. The Bertz CT molecular complexity index is 709. The molecule has 2 aliphatic heterocycles. The molecular weight excluding hydrogens is 347 g/mol. The number of ether oxygens (including phenoxy) is 2. The summed E-state index contributed by atoms with van der Waals surface area (Å²) in [6, 6.07) is 6.96. The number of hydrogen-bond acceptors (Lipinski definition) is 5. The quantitative estimate of drug-likeness (QED) is 0.777. The van der Waals surface area contributed by atoms with Gasteiger partial charge in [-0.2, -0.15) is 5.10 Å². The van der Waals surface area contributed by atoms with E-state index >= 15 is 0 Å². The Morgan fingerprint density at radius 2 is 2.00 bits per heavy atom. The van der Waals surface area contributed by atoms with E-state index in [4.69, 9.17) is 9.47 Å². The zero-order valence-electron chi connectivity index (χ0n) is 15.5. The van der Waals surface area contributed by atoms with Crippen LogP contribution in [0.5, 0.6) is 0 Å². The third kappa shape index (κ3) is 4.55. The zero-order valence-corrected chi connectivity index (χ0v) is 15.5. The van der Waals surface area contributed by atoms with Gasteiger partial charge >= 0.3 is 0 Å². The second kappa shape index (κ2) is 8.93. The van der Waals surface area contributed by atoms with E-state index in [0.717, 1.165) is 75.8 Å². The highest BCUT2D eigenvalue weighted by Gasteiger charge is 2.31. The van der Waals surface area contributed by atoms with E-state index in [-0.39, 0.29) is 5.82 Å². The van der Waals surface area contributed by atoms with Crippen LogP contribution in [0, 0.1) is 11.7 Å². The third-order valence-electron chi connectivity index (χ3n) is 5.54. The van der Waals surface area contributed by atoms with Crippen molar-refractivity contribution in [3.05, 3.63) is 41.8 Å². The fourth-order valence-corrected chi connectivity index (χ4v) is 4.03. The average Bonchev–Trinajstić information content (AvgIpc) is 3.39. The SMILES string of the molecule is Fc1ccc(-c2[nH]ncc2CNC[C@@H]([C@@H]2CCOC2)N2CCOCC2)cc1. The van der Waals surface area contributed by atoms with Crippen LogP contribution in [0.2, 0.25) is 0 Å². The summed E-state index contributed by atoms with van der Waals surface area (Å²) in [6.07, 6.45) is 2.96. The molecule has 0 unspecified atom stereocenters. The van der Waals surface area contributed by atoms with Gasteiger partial charge in [0.15, 0.2) is 0 Å². The average molecular weight is 374 g/mol. The smallest absolute Gasteiger partial charge is 0.123 e. The van der Waals surface area contributed by atoms with Crippen LogP contribution in [-0.2, 0) is 16.0 Å². The summed E-state index contributed by atoms with van der Waals surface area (Å²) in [5.41, 5.74) is 2.97. The van der Waals surface area contributed by atoms with Crippen molar-refractivity contribution in [3.63, 3.8) is 0 Å². The van der Waals surface area contributed by atoms with Crippen molar-refractivity contribution in [2.24, 2.45) is 5.92 Å². The number of benzene rings is 1. The van der Waals surface area contributed by atoms with Crippen LogP contribution in [0.3, 0.4) is 0 Å². The Labute approximate surface area is 159 Å². The molecule has 27 heavy (non-hydrogen) atoms. The first-order chi connectivity index (χ1) is 13.3. The first kappa shape index (κ1) is 18.6. The Balaban J connectivity index is 1.39. The van der Waals surface area contributed by atoms with Crippen molar-refractivity contribution in [1.82, 2.24) is 20.4 Å². The maximum Gasteiger partial charge on any atom is 0.123 e. The summed E-state index contributed by atoms with van der Waals surface area (Å²) in [6.45, 7) is 6.91. The molecule has 7 heteroatoms. The van der Waals surface area contributed by atoms with Gasteiger partial charge in [0.25, 0.3) is 0 Å². The van der Waals surface area contributed by atoms with Gasteiger partial charge in [-0.05, 0) is 30.7 Å². The molecule has 0 bridgehead atoms. The molecule has 1 aromatic heterocycles. The molecule has 3 heterocycles. The summed E-state index contributed by atoms with van der Waals surface area (Å²) in [5.74, 6) is 0.335. The number of aromatic nitrogens is 2. The lowest BCUT2D eigenvalue weighted by Gasteiger charge is -2.37. The number of hydrogen-bond donors (Lipinski definition) is 2. The topological polar surface area (TPSA) is 62.4 Å². The minimum absolute atomic E-state index is 0.231. The van der Waals surface area contributed by atoms with E-state index < -0.39 is 0 Å². The predicted molar refractivity (Wildman–Crippen MR) is 101 cm³/mol. The van der Waals surface area contributed by atoms with E-state index in [1.54, 1.807) is 12.1 Å². The third-order valence-corrected chi connectivity index (χ3v) is 5.54. The zero-order chi connectivity index (χ0) is 18.5. The van der Waals surface area contributed by atoms with Gasteiger partial charge in [0.2, 0.25) is 0 Å². The highest BCUT2D eigenvalue weighted by molar-refractivity contribution is 5.62. The Hall–Kier alpha value is -1.80. The molecule has 2 aliphatic rings. The van der Waals surface area contributed by atoms with Gasteiger partial charge in [-0.15, -0.1) is 0 Å². The number of halogens is 1. The first-order valence-electron chi connectivity index (χ1n) is 9.69. The number of morpholine rings is 1. The van der Waals surface area contributed by atoms with Gasteiger partial charge in [0.05, 0.1) is 31.7 Å². The van der Waals surface area contributed by atoms with E-state index in [0.29, 0.717) is 12.0 Å². The fourth-order valence-electron chi connectivity index (χ4n) is 4.03. The predicted octanol–water partition coefficient (Wildman–Crippen LogP) is 2.04. The van der Waals surface area contributed by atoms with Crippen molar-refractivity contribution in [2.75, 3.05) is 46.1 Å². The van der Waals surface area contributed by atoms with Crippen LogP contribution >= 0.6 is 0 Å². The molecule has 6 nitrogen and oxygen atoms in total. The van der Waals surface area contributed by atoms with Gasteiger partial charge in [-0.3, -0.25) is 10.00 Å². The molecule has 2 fully saturated rings. The van der Waals surface area contributed by atoms with Gasteiger partial charge in [-0.25, -0.2) is 4.39 Å². The maximum atomic E-state index is 13.2. The fraction of sp³-hybridized carbons (Fsp3) is 0.550. The second-order valence-corrected chi connectivity index (χ2v) is 7.25. The van der Waals surface area contributed by atoms with Gasteiger partial charge in [0, 0.05) is 55.9 Å². The summed E-state index contributed by atoms with van der Waals surface area (Å²) in [5, 5.41) is 10.8. The monoisotopic (exact) mass is 374 g/mol. The van der Waals surface area contributed by atoms with Crippen molar-refractivity contribution >= 4 is 0 Å². The number of aromatic amines is 1. The van der Waals surface area contributed by atoms with Crippen molar-refractivity contribution in [1.29, 1.82) is 0 Å². The number of rotatable bonds is 7. The summed E-state index contributed by atoms with van der Waals surface area (Å²) < 4.78 is 24.3. The van der Waals surface area contributed by atoms with Crippen molar-refractivity contribution < 1.29 is 13.9 Å². The standard InChI is InChI=1S/C20H27FN4O2/c21-18-3-1-15(2-4-18)20-17(12-23-24-20)11-22-13-19(16-5-8-27-14-16)25-6-9-26-10-7-25/h1-4,12,16,19,22H,5-11,13-14H2,(H,23,24)/t16-,19+/m1/s1. The Morgan fingerprint density at radius 3 is 2.74 bits per heavy atom. The Kier molecular flexibility index (Phi) is 6.14. The molecule has 0 spiro atoms. The van der Waals surface area contributed by atoms with Crippen LogP contribution in [0.25, 0.3) is 11.3 Å². The van der Waals surface area contributed by atoms with Gasteiger partial charge < -0.3 is 14.8 Å². The van der Waals surface area contributed by atoms with Gasteiger partial charge in [0.1, 0.15) is 5.82 Å². The normalized spacial score (nSPS) is 22.2. The highest BCUT2D eigenvalue weighted by atomic mass is 19.1. The molecule has 146 valence electrons. The van der Waals surface area contributed by atoms with Crippen LogP contribution in [0.4, 0.5) is 4.39 Å². The lowest BCUT2D eigenvalue weighted by atomic mass is 9.96. The molecular formula is C20H27FN4O2. The minimum atomic E-state index is -0.231. The molecule has 2 aromatic rings. The molecule has 1 aromatic carbocycles. The molecule has 2 atom stereocenters. The summed E-state index contributed by atoms with van der Waals surface area (Å²) in [7, 11) is 0. The summed E-state index contributed by atoms with van der Waals surface area (Å²) >= 11 is 0. The second-order valence-electron chi connectivity index (χ2n) is 7.25. The molecule has 2 saturated heterocycles. The highest BCUT2D eigenvalue weighted by Crippen LogP contribution is 2.23. The molecule has 0 radical (unpaired) electrons. The first-order valence-corrected chi connectivity index (χ1v) is 9.69. The van der Waals surface area contributed by atoms with Crippen LogP contribution in [0.15, 0.2) is 30.5 Å². The molecule has 2 N–H and O–H groups in total. The number of H-pyrrole nitrogens is 1. The van der Waals surface area contributed by atoms with Crippen LogP contribution in [0.1, 0.15) is 12.0 Å². The molecule has 0 aliphatic carbocycles. The largest absolute Gasteiger partial charge is 0.381 e. The summed E-state index contributed by atoms with van der Waals surface area (Å²) in [4.78, 5) is 2.53. The van der Waals surface area contributed by atoms with Crippen LogP contribution < -0.4 is 5.32 Å². The van der Waals surface area contributed by atoms with E-state index in [1.807, 2.05) is 6.20 Å². The van der Waals surface area contributed by atoms with Crippen molar-refractivity contribution in [3.8, 4) is 11.3 Å². The van der Waals surface area contributed by atoms with E-state index in [9.17, 15) is 4.39 Å². The number of nitrogens with zero attached hydrogens (tertiary/aromatic N) is 2. The minimum Gasteiger partial charge on any atom is -0.381 e. The molecule has 0 amide bonds.